The van der Waals surface area contributed by atoms with Crippen LogP contribution in [0.1, 0.15) is 15.9 Å². The summed E-state index contributed by atoms with van der Waals surface area (Å²) in [6.07, 6.45) is 0.171. The van der Waals surface area contributed by atoms with Crippen LogP contribution in [0.25, 0.3) is 0 Å². The summed E-state index contributed by atoms with van der Waals surface area (Å²) < 4.78 is 5.22. The van der Waals surface area contributed by atoms with Gasteiger partial charge in [-0.1, -0.05) is 0 Å². The third-order valence-electron chi connectivity index (χ3n) is 6.47. The molecule has 2 aromatic carbocycles. The van der Waals surface area contributed by atoms with Gasteiger partial charge in [0.25, 0.3) is 11.6 Å². The van der Waals surface area contributed by atoms with Crippen molar-refractivity contribution in [1.82, 2.24) is 10.2 Å². The molecule has 34 heavy (non-hydrogen) atoms. The molecule has 182 valence electrons. The minimum atomic E-state index is -0.467. The van der Waals surface area contributed by atoms with E-state index in [0.29, 0.717) is 56.1 Å². The molecule has 2 aromatic rings. The molecule has 0 aliphatic carbocycles. The molecule has 0 atom stereocenters. The minimum Gasteiger partial charge on any atom is -0.497 e. The number of carbonyl (C=O) groups is 1. The molecule has 2 N–H and O–H groups in total. The molecular formula is C24H31N5O5. The summed E-state index contributed by atoms with van der Waals surface area (Å²) >= 11 is 0. The Labute approximate surface area is 198 Å². The number of amides is 1. The lowest BCUT2D eigenvalue weighted by Crippen LogP contribution is -2.49. The quantitative estimate of drug-likeness (QED) is 0.464. The molecule has 2 saturated heterocycles. The molecule has 0 radical (unpaired) electrons. The number of nitro groups is 1. The Kier molecular flexibility index (Phi) is 7.49. The van der Waals surface area contributed by atoms with Gasteiger partial charge in [-0.2, -0.15) is 0 Å². The highest BCUT2D eigenvalue weighted by Gasteiger charge is 2.29. The predicted molar refractivity (Wildman–Crippen MR) is 130 cm³/mol. The monoisotopic (exact) mass is 469 g/mol. The van der Waals surface area contributed by atoms with E-state index < -0.39 is 4.92 Å². The molecule has 0 unspecified atom stereocenters. The van der Waals surface area contributed by atoms with Gasteiger partial charge in [0.05, 0.1) is 23.3 Å². The van der Waals surface area contributed by atoms with E-state index in [9.17, 15) is 20.0 Å². The Balaban J connectivity index is 1.57. The van der Waals surface area contributed by atoms with Crippen molar-refractivity contribution < 1.29 is 19.6 Å². The van der Waals surface area contributed by atoms with Crippen LogP contribution in [-0.2, 0) is 6.42 Å². The molecule has 0 aromatic heterocycles. The number of nitro benzene ring substituents is 1. The number of aliphatic hydroxyl groups excluding tert-OH is 1. The second kappa shape index (κ2) is 10.7. The van der Waals surface area contributed by atoms with Gasteiger partial charge in [-0.25, -0.2) is 0 Å². The molecule has 0 bridgehead atoms. The summed E-state index contributed by atoms with van der Waals surface area (Å²) in [5.74, 6) is 0.603. The topological polar surface area (TPSA) is 111 Å². The molecule has 10 heteroatoms. The van der Waals surface area contributed by atoms with E-state index in [1.807, 2.05) is 24.3 Å². The highest BCUT2D eigenvalue weighted by atomic mass is 16.6. The lowest BCUT2D eigenvalue weighted by atomic mass is 10.0. The van der Waals surface area contributed by atoms with Gasteiger partial charge in [-0.15, -0.1) is 0 Å². The zero-order chi connectivity index (χ0) is 24.1. The van der Waals surface area contributed by atoms with Gasteiger partial charge in [0, 0.05) is 82.7 Å². The van der Waals surface area contributed by atoms with Crippen molar-refractivity contribution >= 4 is 23.0 Å². The summed E-state index contributed by atoms with van der Waals surface area (Å²) in [5, 5.41) is 24.5. The Hall–Kier alpha value is -3.37. The number of ether oxygens (including phenoxy) is 1. The highest BCUT2D eigenvalue weighted by Crippen LogP contribution is 2.32. The van der Waals surface area contributed by atoms with Gasteiger partial charge in [-0.05, 0) is 30.3 Å². The number of hydrogen-bond acceptors (Lipinski definition) is 8. The molecule has 0 saturated carbocycles. The van der Waals surface area contributed by atoms with Crippen molar-refractivity contribution in [2.24, 2.45) is 0 Å². The first-order valence-electron chi connectivity index (χ1n) is 11.6. The number of benzene rings is 2. The van der Waals surface area contributed by atoms with Crippen molar-refractivity contribution in [3.63, 3.8) is 0 Å². The second-order valence-corrected chi connectivity index (χ2v) is 8.44. The van der Waals surface area contributed by atoms with E-state index in [4.69, 9.17) is 4.74 Å². The Bertz CT molecular complexity index is 1020. The Morgan fingerprint density at radius 2 is 1.74 bits per heavy atom. The van der Waals surface area contributed by atoms with E-state index in [-0.39, 0.29) is 24.6 Å². The van der Waals surface area contributed by atoms with Crippen LogP contribution in [0.4, 0.5) is 17.1 Å². The van der Waals surface area contributed by atoms with Crippen molar-refractivity contribution in [1.29, 1.82) is 0 Å². The van der Waals surface area contributed by atoms with Crippen molar-refractivity contribution in [3.05, 3.63) is 57.6 Å². The van der Waals surface area contributed by atoms with Crippen LogP contribution in [0.2, 0.25) is 0 Å². The number of hydrogen-bond donors (Lipinski definition) is 2. The van der Waals surface area contributed by atoms with Crippen LogP contribution in [-0.4, -0.2) is 86.9 Å². The number of rotatable bonds is 7. The molecule has 1 amide bonds. The van der Waals surface area contributed by atoms with Gasteiger partial charge in [0.2, 0.25) is 0 Å². The third-order valence-corrected chi connectivity index (χ3v) is 6.47. The smallest absolute Gasteiger partial charge is 0.273 e. The Morgan fingerprint density at radius 3 is 2.32 bits per heavy atom. The average molecular weight is 470 g/mol. The molecule has 10 nitrogen and oxygen atoms in total. The number of nitrogens with zero attached hydrogens (tertiary/aromatic N) is 4. The second-order valence-electron chi connectivity index (χ2n) is 8.44. The predicted octanol–water partition coefficient (Wildman–Crippen LogP) is 1.51. The molecule has 2 fully saturated rings. The molecule has 2 aliphatic heterocycles. The summed E-state index contributed by atoms with van der Waals surface area (Å²) in [6, 6.07) is 11.0. The van der Waals surface area contributed by atoms with E-state index in [0.717, 1.165) is 24.5 Å². The maximum absolute atomic E-state index is 13.6. The molecule has 0 spiro atoms. The number of carbonyl (C=O) groups excluding carboxylic acids is 1. The molecule has 4 rings (SSSR count). The van der Waals surface area contributed by atoms with Crippen LogP contribution >= 0.6 is 0 Å². The zero-order valence-corrected chi connectivity index (χ0v) is 19.4. The number of methoxy groups -OCH3 is 1. The number of aliphatic hydroxyl groups is 1. The summed E-state index contributed by atoms with van der Waals surface area (Å²) in [7, 11) is 1.63. The van der Waals surface area contributed by atoms with E-state index >= 15 is 0 Å². The normalized spacial score (nSPS) is 16.5. The fourth-order valence-electron chi connectivity index (χ4n) is 4.58. The van der Waals surface area contributed by atoms with Gasteiger partial charge in [0.15, 0.2) is 0 Å². The SMILES string of the molecule is COc1ccc(N2CCN(C(=O)c3cc([N+](=O)[O-])c(CCO)cc3N3CCNCC3)CC2)cc1. The maximum atomic E-state index is 13.6. The van der Waals surface area contributed by atoms with E-state index in [1.54, 1.807) is 18.1 Å². The van der Waals surface area contributed by atoms with E-state index in [2.05, 4.69) is 15.1 Å². The highest BCUT2D eigenvalue weighted by molar-refractivity contribution is 6.01. The zero-order valence-electron chi connectivity index (χ0n) is 19.4. The fourth-order valence-corrected chi connectivity index (χ4v) is 4.58. The van der Waals surface area contributed by atoms with Crippen LogP contribution in [0.15, 0.2) is 36.4 Å². The fraction of sp³-hybridized carbons (Fsp3) is 0.458. The summed E-state index contributed by atoms with van der Waals surface area (Å²) in [6.45, 7) is 5.18. The van der Waals surface area contributed by atoms with Crippen molar-refractivity contribution in [3.8, 4) is 5.75 Å². The van der Waals surface area contributed by atoms with Crippen LogP contribution in [0.3, 0.4) is 0 Å². The number of anilines is 2. The first-order chi connectivity index (χ1) is 16.5. The molecule has 2 aliphatic rings. The molecular weight excluding hydrogens is 438 g/mol. The first kappa shape index (κ1) is 23.8. The Morgan fingerprint density at radius 1 is 1.06 bits per heavy atom. The minimum absolute atomic E-state index is 0.117. The largest absolute Gasteiger partial charge is 0.497 e. The molecule has 2 heterocycles. The van der Waals surface area contributed by atoms with Crippen LogP contribution in [0.5, 0.6) is 5.75 Å². The van der Waals surface area contributed by atoms with Crippen molar-refractivity contribution in [2.75, 3.05) is 75.9 Å². The third kappa shape index (κ3) is 5.07. The van der Waals surface area contributed by atoms with Crippen LogP contribution in [0, 0.1) is 10.1 Å². The van der Waals surface area contributed by atoms with Gasteiger partial charge in [-0.3, -0.25) is 14.9 Å². The van der Waals surface area contributed by atoms with Gasteiger partial charge < -0.3 is 29.9 Å². The number of piperazine rings is 2. The first-order valence-corrected chi connectivity index (χ1v) is 11.6. The van der Waals surface area contributed by atoms with Crippen LogP contribution < -0.4 is 19.9 Å². The lowest BCUT2D eigenvalue weighted by Gasteiger charge is -2.37. The standard InChI is InChI=1S/C24H31N5O5/c1-34-20-4-2-19(3-5-20)26-11-13-28(14-12-26)24(31)21-17-22(29(32)33)18(6-15-30)16-23(21)27-9-7-25-8-10-27/h2-5,16-17,25,30H,6-15H2,1H3. The summed E-state index contributed by atoms with van der Waals surface area (Å²) in [5.41, 5.74) is 2.46. The number of nitrogens with one attached hydrogen (secondary N) is 1. The summed E-state index contributed by atoms with van der Waals surface area (Å²) in [4.78, 5) is 31.0. The lowest BCUT2D eigenvalue weighted by molar-refractivity contribution is -0.385. The van der Waals surface area contributed by atoms with Crippen molar-refractivity contribution in [2.45, 2.75) is 6.42 Å². The van der Waals surface area contributed by atoms with Gasteiger partial charge >= 0.3 is 0 Å². The van der Waals surface area contributed by atoms with Gasteiger partial charge in [0.1, 0.15) is 5.75 Å². The average Bonchev–Trinajstić information content (AvgIpc) is 2.89. The maximum Gasteiger partial charge on any atom is 0.273 e. The van der Waals surface area contributed by atoms with E-state index in [1.165, 1.54) is 6.07 Å².